The Balaban J connectivity index is 1.84. The second kappa shape index (κ2) is 8.61. The Hall–Kier alpha value is -1.97. The standard InChI is InChI=1S/C22H32O4/c1-15(7-5-9-16(2)21(24)25)8-6-11-22(4)12-10-18-14-19(23)13-17(3)20(18)26-22/h8,13-14,16,23H,5-7,9-12H2,1-4H3,(H,24,25)/t16-,22+/m0/s1. The Kier molecular flexibility index (Phi) is 6.74. The van der Waals surface area contributed by atoms with E-state index in [1.165, 1.54) is 5.57 Å². The minimum atomic E-state index is -0.710. The van der Waals surface area contributed by atoms with E-state index in [4.69, 9.17) is 9.84 Å². The zero-order valence-corrected chi connectivity index (χ0v) is 16.5. The van der Waals surface area contributed by atoms with Crippen molar-refractivity contribution in [1.29, 1.82) is 0 Å². The van der Waals surface area contributed by atoms with Crippen molar-refractivity contribution in [3.63, 3.8) is 0 Å². The molecule has 1 heterocycles. The smallest absolute Gasteiger partial charge is 0.306 e. The van der Waals surface area contributed by atoms with Crippen LogP contribution in [0.25, 0.3) is 0 Å². The highest BCUT2D eigenvalue weighted by Gasteiger charge is 2.31. The molecule has 0 aromatic heterocycles. The van der Waals surface area contributed by atoms with Gasteiger partial charge in [-0.25, -0.2) is 0 Å². The summed E-state index contributed by atoms with van der Waals surface area (Å²) in [5.41, 5.74) is 3.23. The van der Waals surface area contributed by atoms with Crippen LogP contribution in [0.15, 0.2) is 23.8 Å². The molecule has 0 bridgehead atoms. The molecule has 0 spiro atoms. The van der Waals surface area contributed by atoms with Gasteiger partial charge in [0.1, 0.15) is 17.1 Å². The van der Waals surface area contributed by atoms with E-state index in [1.54, 1.807) is 13.0 Å². The fraction of sp³-hybridized carbons (Fsp3) is 0.591. The summed E-state index contributed by atoms with van der Waals surface area (Å²) < 4.78 is 6.32. The van der Waals surface area contributed by atoms with Crippen LogP contribution >= 0.6 is 0 Å². The number of phenolic OH excluding ortho intramolecular Hbond substituents is 1. The van der Waals surface area contributed by atoms with Crippen molar-refractivity contribution in [3.05, 3.63) is 34.9 Å². The molecule has 0 unspecified atom stereocenters. The van der Waals surface area contributed by atoms with E-state index >= 15 is 0 Å². The van der Waals surface area contributed by atoms with Gasteiger partial charge in [0, 0.05) is 0 Å². The quantitative estimate of drug-likeness (QED) is 0.609. The maximum atomic E-state index is 10.8. The van der Waals surface area contributed by atoms with Gasteiger partial charge in [0.15, 0.2) is 0 Å². The lowest BCUT2D eigenvalue weighted by molar-refractivity contribution is -0.141. The number of fused-ring (bicyclic) bond motifs is 1. The number of carbonyl (C=O) groups is 1. The van der Waals surface area contributed by atoms with Crippen molar-refractivity contribution >= 4 is 5.97 Å². The number of phenols is 1. The number of hydrogen-bond acceptors (Lipinski definition) is 3. The fourth-order valence-electron chi connectivity index (χ4n) is 3.57. The number of carboxylic acid groups (broad SMARTS) is 1. The molecule has 26 heavy (non-hydrogen) atoms. The van der Waals surface area contributed by atoms with Gasteiger partial charge >= 0.3 is 5.97 Å². The molecule has 4 nitrogen and oxygen atoms in total. The van der Waals surface area contributed by atoms with Gasteiger partial charge in [-0.15, -0.1) is 0 Å². The number of aryl methyl sites for hydroxylation is 2. The molecular formula is C22H32O4. The summed E-state index contributed by atoms with van der Waals surface area (Å²) in [6, 6.07) is 3.57. The molecule has 0 saturated carbocycles. The number of benzene rings is 1. The number of hydrogen-bond donors (Lipinski definition) is 2. The monoisotopic (exact) mass is 360 g/mol. The normalized spacial score (nSPS) is 21.0. The number of aliphatic carboxylic acids is 1. The predicted octanol–water partition coefficient (Wildman–Crippen LogP) is 5.40. The second-order valence-corrected chi connectivity index (χ2v) is 8.02. The van der Waals surface area contributed by atoms with Gasteiger partial charge in [-0.05, 0) is 89.0 Å². The highest BCUT2D eigenvalue weighted by Crippen LogP contribution is 2.39. The van der Waals surface area contributed by atoms with Gasteiger partial charge in [0.25, 0.3) is 0 Å². The Labute approximate surface area is 156 Å². The summed E-state index contributed by atoms with van der Waals surface area (Å²) in [6.07, 6.45) is 8.65. The fourth-order valence-corrected chi connectivity index (χ4v) is 3.57. The maximum absolute atomic E-state index is 10.8. The van der Waals surface area contributed by atoms with E-state index in [1.807, 2.05) is 13.0 Å². The largest absolute Gasteiger partial charge is 0.508 e. The maximum Gasteiger partial charge on any atom is 0.306 e. The third kappa shape index (κ3) is 5.52. The van der Waals surface area contributed by atoms with Crippen molar-refractivity contribution in [1.82, 2.24) is 0 Å². The number of rotatable bonds is 8. The minimum absolute atomic E-state index is 0.177. The third-order valence-corrected chi connectivity index (χ3v) is 5.40. The number of allylic oxidation sites excluding steroid dienone is 2. The molecule has 1 aliphatic rings. The van der Waals surface area contributed by atoms with Crippen LogP contribution in [-0.4, -0.2) is 21.8 Å². The number of aromatic hydroxyl groups is 1. The van der Waals surface area contributed by atoms with Gasteiger partial charge in [-0.2, -0.15) is 0 Å². The van der Waals surface area contributed by atoms with Crippen LogP contribution in [0.3, 0.4) is 0 Å². The molecule has 2 N–H and O–H groups in total. The first-order valence-corrected chi connectivity index (χ1v) is 9.60. The highest BCUT2D eigenvalue weighted by molar-refractivity contribution is 5.69. The zero-order chi connectivity index (χ0) is 19.3. The lowest BCUT2D eigenvalue weighted by Crippen LogP contribution is -2.36. The molecular weight excluding hydrogens is 328 g/mol. The van der Waals surface area contributed by atoms with Gasteiger partial charge in [-0.3, -0.25) is 4.79 Å². The van der Waals surface area contributed by atoms with Crippen molar-refractivity contribution in [2.45, 2.75) is 78.2 Å². The molecule has 1 aromatic carbocycles. The van der Waals surface area contributed by atoms with Crippen LogP contribution in [0.4, 0.5) is 0 Å². The van der Waals surface area contributed by atoms with Crippen LogP contribution in [0.2, 0.25) is 0 Å². The summed E-state index contributed by atoms with van der Waals surface area (Å²) >= 11 is 0. The van der Waals surface area contributed by atoms with Gasteiger partial charge in [-0.1, -0.05) is 18.6 Å². The summed E-state index contributed by atoms with van der Waals surface area (Å²) in [6.45, 7) is 8.03. The first-order chi connectivity index (χ1) is 12.2. The topological polar surface area (TPSA) is 66.8 Å². The van der Waals surface area contributed by atoms with E-state index < -0.39 is 5.97 Å². The number of carboxylic acids is 1. The highest BCUT2D eigenvalue weighted by atomic mass is 16.5. The lowest BCUT2D eigenvalue weighted by atomic mass is 9.87. The van der Waals surface area contributed by atoms with E-state index in [2.05, 4.69) is 19.9 Å². The number of ether oxygens (including phenoxy) is 1. The Morgan fingerprint density at radius 2 is 2.15 bits per heavy atom. The molecule has 0 amide bonds. The van der Waals surface area contributed by atoms with Crippen molar-refractivity contribution in [2.75, 3.05) is 0 Å². The summed E-state index contributed by atoms with van der Waals surface area (Å²) in [5.74, 6) is 0.266. The van der Waals surface area contributed by atoms with Crippen molar-refractivity contribution in [2.24, 2.45) is 5.92 Å². The molecule has 2 rings (SSSR count). The molecule has 0 radical (unpaired) electrons. The molecule has 1 aliphatic heterocycles. The SMILES string of the molecule is CC(=CCC[C@]1(C)CCc2cc(O)cc(C)c2O1)CCC[C@H](C)C(=O)O. The Bertz CT molecular complexity index is 677. The second-order valence-electron chi connectivity index (χ2n) is 8.02. The Morgan fingerprint density at radius 1 is 1.42 bits per heavy atom. The van der Waals surface area contributed by atoms with Crippen LogP contribution in [-0.2, 0) is 11.2 Å². The molecule has 2 atom stereocenters. The molecule has 144 valence electrons. The predicted molar refractivity (Wildman–Crippen MR) is 104 cm³/mol. The zero-order valence-electron chi connectivity index (χ0n) is 16.5. The summed E-state index contributed by atoms with van der Waals surface area (Å²) in [5, 5.41) is 18.7. The molecule has 1 aromatic rings. The van der Waals surface area contributed by atoms with Crippen LogP contribution in [0.5, 0.6) is 11.5 Å². The third-order valence-electron chi connectivity index (χ3n) is 5.40. The van der Waals surface area contributed by atoms with E-state index in [9.17, 15) is 9.90 Å². The average Bonchev–Trinajstić information content (AvgIpc) is 2.55. The van der Waals surface area contributed by atoms with E-state index in [-0.39, 0.29) is 11.5 Å². The van der Waals surface area contributed by atoms with Crippen LogP contribution in [0.1, 0.15) is 70.4 Å². The van der Waals surface area contributed by atoms with Gasteiger partial charge in [0.05, 0.1) is 5.92 Å². The van der Waals surface area contributed by atoms with Crippen molar-refractivity contribution < 1.29 is 19.7 Å². The van der Waals surface area contributed by atoms with Gasteiger partial charge < -0.3 is 14.9 Å². The lowest BCUT2D eigenvalue weighted by Gasteiger charge is -2.36. The minimum Gasteiger partial charge on any atom is -0.508 e. The first kappa shape index (κ1) is 20.3. The first-order valence-electron chi connectivity index (χ1n) is 9.60. The molecule has 0 fully saturated rings. The van der Waals surface area contributed by atoms with E-state index in [0.29, 0.717) is 5.75 Å². The van der Waals surface area contributed by atoms with Gasteiger partial charge in [0.2, 0.25) is 0 Å². The van der Waals surface area contributed by atoms with Crippen LogP contribution in [0, 0.1) is 12.8 Å². The average molecular weight is 360 g/mol. The summed E-state index contributed by atoms with van der Waals surface area (Å²) in [7, 11) is 0. The summed E-state index contributed by atoms with van der Waals surface area (Å²) in [4.78, 5) is 10.8. The molecule has 4 heteroatoms. The van der Waals surface area contributed by atoms with Crippen LogP contribution < -0.4 is 4.74 Å². The molecule has 0 saturated heterocycles. The Morgan fingerprint density at radius 3 is 2.85 bits per heavy atom. The van der Waals surface area contributed by atoms with Crippen molar-refractivity contribution in [3.8, 4) is 11.5 Å². The molecule has 0 aliphatic carbocycles. The van der Waals surface area contributed by atoms with E-state index in [0.717, 1.165) is 61.8 Å².